The highest BCUT2D eigenvalue weighted by atomic mass is 16.5. The fraction of sp³-hybridized carbons (Fsp3) is 0.278. The summed E-state index contributed by atoms with van der Waals surface area (Å²) in [5.41, 5.74) is 0.629. The van der Waals surface area contributed by atoms with Crippen molar-refractivity contribution in [3.63, 3.8) is 0 Å². The molecule has 48 heavy (non-hydrogen) atoms. The van der Waals surface area contributed by atoms with Gasteiger partial charge >= 0.3 is 0 Å². The maximum atomic E-state index is 12.0. The standard InChI is InChI=1S/C36H36O12/c1-2-3-4-5-10-46-28-9-7-18(12-24(28)41)35-33(45)32(30-25(42)13-19(37)14-29(30)47-35)31-26(43)16-22(39)20-15-27(44)34(48-36(20)31)17-6-8-21(38)23(40)11-17/h2-3,6-9,11-14,16,27,32-35,37-45H,4-5,10,15H2,1H3/b3-2+. The van der Waals surface area contributed by atoms with Crippen molar-refractivity contribution in [2.24, 2.45) is 0 Å². The van der Waals surface area contributed by atoms with Gasteiger partial charge in [0.1, 0.15) is 46.7 Å². The molecule has 0 saturated carbocycles. The first kappa shape index (κ1) is 32.5. The van der Waals surface area contributed by atoms with Gasteiger partial charge in [0.05, 0.1) is 18.6 Å². The third-order valence-corrected chi connectivity index (χ3v) is 8.67. The van der Waals surface area contributed by atoms with Crippen LogP contribution in [0.5, 0.6) is 57.5 Å². The van der Waals surface area contributed by atoms with E-state index in [1.165, 1.54) is 36.4 Å². The van der Waals surface area contributed by atoms with Gasteiger partial charge in [0.15, 0.2) is 29.1 Å². The SMILES string of the molecule is C/C=C/CCCOc1ccc(C2Oc3cc(O)cc(O)c3C(c3c(O)cc(O)c4c3OC(c3ccc(O)c(O)c3)C(O)C4)C2O)cc1O. The molecule has 4 aromatic carbocycles. The van der Waals surface area contributed by atoms with Crippen LogP contribution in [0.3, 0.4) is 0 Å². The van der Waals surface area contributed by atoms with E-state index in [1.807, 2.05) is 19.1 Å². The van der Waals surface area contributed by atoms with Crippen LogP contribution in [-0.4, -0.2) is 64.8 Å². The summed E-state index contributed by atoms with van der Waals surface area (Å²) in [7, 11) is 0. The average molecular weight is 661 g/mol. The minimum absolute atomic E-state index is 0.00130. The zero-order valence-corrected chi connectivity index (χ0v) is 25.8. The lowest BCUT2D eigenvalue weighted by Gasteiger charge is -2.40. The number of fused-ring (bicyclic) bond motifs is 2. The molecule has 0 fully saturated rings. The van der Waals surface area contributed by atoms with Crippen LogP contribution in [0.4, 0.5) is 0 Å². The van der Waals surface area contributed by atoms with Crippen LogP contribution < -0.4 is 14.2 Å². The molecular weight excluding hydrogens is 624 g/mol. The van der Waals surface area contributed by atoms with E-state index >= 15 is 0 Å². The van der Waals surface area contributed by atoms with Crippen LogP contribution in [0.1, 0.15) is 65.7 Å². The van der Waals surface area contributed by atoms with Crippen molar-refractivity contribution in [3.05, 3.63) is 94.6 Å². The quantitative estimate of drug-likeness (QED) is 0.0693. The molecule has 0 aliphatic carbocycles. The molecule has 0 spiro atoms. The van der Waals surface area contributed by atoms with Gasteiger partial charge in [-0.15, -0.1) is 0 Å². The van der Waals surface area contributed by atoms with Gasteiger partial charge in [-0.1, -0.05) is 24.3 Å². The molecule has 5 atom stereocenters. The molecule has 0 bridgehead atoms. The Balaban J connectivity index is 1.44. The fourth-order valence-corrected chi connectivity index (χ4v) is 6.37. The predicted molar refractivity (Wildman–Crippen MR) is 171 cm³/mol. The topological polar surface area (TPSA) is 210 Å². The largest absolute Gasteiger partial charge is 0.508 e. The Hall–Kier alpha value is -5.46. The summed E-state index contributed by atoms with van der Waals surface area (Å²) >= 11 is 0. The van der Waals surface area contributed by atoms with E-state index in [0.29, 0.717) is 12.2 Å². The predicted octanol–water partition coefficient (Wildman–Crippen LogP) is 5.02. The third kappa shape index (κ3) is 5.91. The second-order valence-electron chi connectivity index (χ2n) is 11.9. The molecule has 5 unspecified atom stereocenters. The van der Waals surface area contributed by atoms with Crippen molar-refractivity contribution in [3.8, 4) is 57.5 Å². The lowest BCUT2D eigenvalue weighted by Crippen LogP contribution is -2.36. The smallest absolute Gasteiger partial charge is 0.160 e. The Kier molecular flexibility index (Phi) is 8.78. The Morgan fingerprint density at radius 3 is 2.17 bits per heavy atom. The third-order valence-electron chi connectivity index (χ3n) is 8.67. The van der Waals surface area contributed by atoms with E-state index in [4.69, 9.17) is 14.2 Å². The van der Waals surface area contributed by atoms with E-state index in [9.17, 15) is 46.0 Å². The minimum atomic E-state index is -1.56. The van der Waals surface area contributed by atoms with Gasteiger partial charge in [-0.25, -0.2) is 0 Å². The Morgan fingerprint density at radius 1 is 0.729 bits per heavy atom. The lowest BCUT2D eigenvalue weighted by molar-refractivity contribution is 0.00115. The number of aliphatic hydroxyl groups excluding tert-OH is 2. The van der Waals surface area contributed by atoms with Crippen LogP contribution in [-0.2, 0) is 6.42 Å². The van der Waals surface area contributed by atoms with E-state index in [1.54, 1.807) is 6.07 Å². The summed E-state index contributed by atoms with van der Waals surface area (Å²) in [5.74, 6) is -3.97. The Labute approximate surface area is 275 Å². The van der Waals surface area contributed by atoms with Crippen molar-refractivity contribution in [2.45, 2.75) is 56.5 Å². The highest BCUT2D eigenvalue weighted by Crippen LogP contribution is 2.57. The molecule has 0 radical (unpaired) electrons. The van der Waals surface area contributed by atoms with E-state index in [0.717, 1.165) is 25.0 Å². The second-order valence-corrected chi connectivity index (χ2v) is 11.9. The molecule has 2 heterocycles. The van der Waals surface area contributed by atoms with Crippen LogP contribution in [0.25, 0.3) is 0 Å². The number of rotatable bonds is 8. The molecule has 12 heteroatoms. The molecule has 0 aromatic heterocycles. The van der Waals surface area contributed by atoms with Crippen molar-refractivity contribution >= 4 is 0 Å². The minimum Gasteiger partial charge on any atom is -0.508 e. The average Bonchev–Trinajstić information content (AvgIpc) is 3.03. The number of aromatic hydroxyl groups is 7. The summed E-state index contributed by atoms with van der Waals surface area (Å²) in [4.78, 5) is 0. The number of hydrogen-bond donors (Lipinski definition) is 9. The van der Waals surface area contributed by atoms with E-state index in [2.05, 4.69) is 0 Å². The van der Waals surface area contributed by atoms with Crippen molar-refractivity contribution in [2.75, 3.05) is 6.61 Å². The fourth-order valence-electron chi connectivity index (χ4n) is 6.37. The molecule has 0 amide bonds. The zero-order chi connectivity index (χ0) is 34.3. The van der Waals surface area contributed by atoms with Crippen LogP contribution in [0, 0.1) is 0 Å². The normalized spacial score (nSPS) is 21.6. The number of unbranched alkanes of at least 4 members (excludes halogenated alkanes) is 1. The van der Waals surface area contributed by atoms with Crippen LogP contribution in [0.15, 0.2) is 66.7 Å². The number of phenols is 7. The Morgan fingerprint density at radius 2 is 1.44 bits per heavy atom. The number of aliphatic hydroxyl groups is 2. The van der Waals surface area contributed by atoms with Gasteiger partial charge in [-0.3, -0.25) is 0 Å². The maximum Gasteiger partial charge on any atom is 0.160 e. The molecule has 252 valence electrons. The van der Waals surface area contributed by atoms with Crippen LogP contribution in [0.2, 0.25) is 0 Å². The number of ether oxygens (including phenoxy) is 3. The van der Waals surface area contributed by atoms with Gasteiger partial charge in [-0.05, 0) is 55.2 Å². The number of benzene rings is 4. The van der Waals surface area contributed by atoms with E-state index in [-0.39, 0.29) is 63.2 Å². The van der Waals surface area contributed by atoms with Crippen molar-refractivity contribution in [1.82, 2.24) is 0 Å². The summed E-state index contributed by atoms with van der Waals surface area (Å²) in [6.07, 6.45) is 0.160. The molecule has 4 aromatic rings. The molecule has 12 nitrogen and oxygen atoms in total. The molecular formula is C36H36O12. The molecule has 2 aliphatic rings. The second kappa shape index (κ2) is 13.0. The molecule has 9 N–H and O–H groups in total. The van der Waals surface area contributed by atoms with Crippen LogP contribution >= 0.6 is 0 Å². The van der Waals surface area contributed by atoms with Gasteiger partial charge in [0, 0.05) is 41.3 Å². The molecule has 2 aliphatic heterocycles. The van der Waals surface area contributed by atoms with Crippen molar-refractivity contribution < 1.29 is 60.2 Å². The number of allylic oxidation sites excluding steroid dienone is 2. The van der Waals surface area contributed by atoms with Gasteiger partial charge in [-0.2, -0.15) is 0 Å². The number of phenolic OH excluding ortho intramolecular Hbond substituents is 7. The maximum absolute atomic E-state index is 12.0. The summed E-state index contributed by atoms with van der Waals surface area (Å²) in [5, 5.41) is 97.3. The first-order valence-electron chi connectivity index (χ1n) is 15.4. The molecule has 6 rings (SSSR count). The van der Waals surface area contributed by atoms with Crippen molar-refractivity contribution in [1.29, 1.82) is 0 Å². The monoisotopic (exact) mass is 660 g/mol. The number of hydrogen-bond acceptors (Lipinski definition) is 12. The molecule has 0 saturated heterocycles. The zero-order valence-electron chi connectivity index (χ0n) is 25.8. The first-order valence-corrected chi connectivity index (χ1v) is 15.4. The van der Waals surface area contributed by atoms with Gasteiger partial charge in [0.25, 0.3) is 0 Å². The lowest BCUT2D eigenvalue weighted by atomic mass is 9.77. The van der Waals surface area contributed by atoms with Gasteiger partial charge in [0.2, 0.25) is 0 Å². The highest BCUT2D eigenvalue weighted by Gasteiger charge is 2.46. The Bertz CT molecular complexity index is 1870. The summed E-state index contributed by atoms with van der Waals surface area (Å²) < 4.78 is 18.1. The van der Waals surface area contributed by atoms with Gasteiger partial charge < -0.3 is 60.2 Å². The summed E-state index contributed by atoms with van der Waals surface area (Å²) in [6, 6.07) is 11.7. The highest BCUT2D eigenvalue weighted by molar-refractivity contribution is 5.66. The first-order chi connectivity index (χ1) is 23.0. The summed E-state index contributed by atoms with van der Waals surface area (Å²) in [6.45, 7) is 2.29. The van der Waals surface area contributed by atoms with E-state index < -0.39 is 53.3 Å².